The van der Waals surface area contributed by atoms with E-state index in [-0.39, 0.29) is 0 Å². The number of nitrogen functional groups attached to an aromatic ring is 1. The summed E-state index contributed by atoms with van der Waals surface area (Å²) in [6, 6.07) is 0. The summed E-state index contributed by atoms with van der Waals surface area (Å²) in [4.78, 5) is 10.2. The maximum Gasteiger partial charge on any atom is 0.161 e. The van der Waals surface area contributed by atoms with Crippen molar-refractivity contribution in [3.05, 3.63) is 34.9 Å². The van der Waals surface area contributed by atoms with E-state index < -0.39 is 0 Å². The molecule has 0 saturated heterocycles. The van der Waals surface area contributed by atoms with E-state index in [1.54, 1.807) is 0 Å². The molecule has 17 heavy (non-hydrogen) atoms. The highest BCUT2D eigenvalue weighted by Crippen LogP contribution is 2.33. The molecule has 0 unspecified atom stereocenters. The van der Waals surface area contributed by atoms with Gasteiger partial charge in [0.1, 0.15) is 12.0 Å². The number of nitrogens with zero attached hydrogens (tertiary/aromatic N) is 3. The van der Waals surface area contributed by atoms with Gasteiger partial charge in [-0.05, 0) is 31.9 Å². The molecule has 1 aliphatic heterocycles. The number of rotatable bonds is 2. The third kappa shape index (κ3) is 2.13. The first kappa shape index (κ1) is 11.9. The molecule has 1 aliphatic rings. The minimum absolute atomic E-state index is 0.305. The van der Waals surface area contributed by atoms with Gasteiger partial charge in [-0.15, -0.1) is 0 Å². The smallest absolute Gasteiger partial charge is 0.161 e. The molecule has 0 bridgehead atoms. The number of hydrogen-bond acceptors (Lipinski definition) is 4. The van der Waals surface area contributed by atoms with Crippen molar-refractivity contribution in [2.75, 3.05) is 17.2 Å². The standard InChI is InChI=1S/C12H15ClN4/c1-3-4-9-8(2)5-6-17(9)12-10(14)11(13)15-7-16-12/h3-4,7H,5-6,14H2,1-2H3/b4-3-. The van der Waals surface area contributed by atoms with E-state index in [1.807, 2.05) is 13.0 Å². The van der Waals surface area contributed by atoms with Gasteiger partial charge in [0, 0.05) is 12.2 Å². The van der Waals surface area contributed by atoms with Crippen molar-refractivity contribution in [1.29, 1.82) is 0 Å². The number of anilines is 2. The van der Waals surface area contributed by atoms with Gasteiger partial charge in [-0.3, -0.25) is 0 Å². The van der Waals surface area contributed by atoms with Crippen LogP contribution in [0.1, 0.15) is 20.3 Å². The predicted molar refractivity (Wildman–Crippen MR) is 70.9 cm³/mol. The van der Waals surface area contributed by atoms with Crippen molar-refractivity contribution in [3.63, 3.8) is 0 Å². The molecule has 0 spiro atoms. The van der Waals surface area contributed by atoms with E-state index in [2.05, 4.69) is 27.9 Å². The maximum atomic E-state index is 5.92. The van der Waals surface area contributed by atoms with Gasteiger partial charge in [-0.25, -0.2) is 9.97 Å². The number of hydrogen-bond donors (Lipinski definition) is 1. The summed E-state index contributed by atoms with van der Waals surface area (Å²) in [7, 11) is 0. The van der Waals surface area contributed by atoms with Crippen molar-refractivity contribution in [2.24, 2.45) is 0 Å². The first-order chi connectivity index (χ1) is 8.15. The summed E-state index contributed by atoms with van der Waals surface area (Å²) < 4.78 is 0. The van der Waals surface area contributed by atoms with Gasteiger partial charge in [-0.1, -0.05) is 17.7 Å². The lowest BCUT2D eigenvalue weighted by atomic mass is 10.2. The van der Waals surface area contributed by atoms with E-state index >= 15 is 0 Å². The third-order valence-corrected chi connectivity index (χ3v) is 3.13. The molecule has 0 aliphatic carbocycles. The maximum absolute atomic E-state index is 5.92. The SMILES string of the molecule is C/C=C\C1=C(C)CCN1c1ncnc(Cl)c1N. The van der Waals surface area contributed by atoms with Gasteiger partial charge in [0.15, 0.2) is 11.0 Å². The molecule has 0 atom stereocenters. The Balaban J connectivity index is 2.45. The highest BCUT2D eigenvalue weighted by atomic mass is 35.5. The monoisotopic (exact) mass is 250 g/mol. The van der Waals surface area contributed by atoms with Crippen LogP contribution < -0.4 is 10.6 Å². The highest BCUT2D eigenvalue weighted by molar-refractivity contribution is 6.32. The summed E-state index contributed by atoms with van der Waals surface area (Å²) >= 11 is 5.92. The van der Waals surface area contributed by atoms with Crippen molar-refractivity contribution < 1.29 is 0 Å². The first-order valence-electron chi connectivity index (χ1n) is 5.51. The fraction of sp³-hybridized carbons (Fsp3) is 0.333. The summed E-state index contributed by atoms with van der Waals surface area (Å²) in [5.41, 5.74) is 8.83. The minimum Gasteiger partial charge on any atom is -0.393 e. The van der Waals surface area contributed by atoms with Gasteiger partial charge >= 0.3 is 0 Å². The molecule has 0 saturated carbocycles. The van der Waals surface area contributed by atoms with Gasteiger partial charge in [-0.2, -0.15) is 0 Å². The summed E-state index contributed by atoms with van der Waals surface area (Å²) in [6.45, 7) is 4.99. The molecule has 4 nitrogen and oxygen atoms in total. The van der Waals surface area contributed by atoms with Crippen molar-refractivity contribution in [2.45, 2.75) is 20.3 Å². The quantitative estimate of drug-likeness (QED) is 0.820. The van der Waals surface area contributed by atoms with Gasteiger partial charge in [0.25, 0.3) is 0 Å². The van der Waals surface area contributed by atoms with Gasteiger partial charge in [0.05, 0.1) is 0 Å². The zero-order valence-electron chi connectivity index (χ0n) is 9.94. The predicted octanol–water partition coefficient (Wildman–Crippen LogP) is 2.77. The van der Waals surface area contributed by atoms with E-state index in [0.29, 0.717) is 16.7 Å². The Morgan fingerprint density at radius 3 is 2.94 bits per heavy atom. The molecule has 1 aromatic rings. The second kappa shape index (κ2) is 4.75. The van der Waals surface area contributed by atoms with Gasteiger partial charge in [0.2, 0.25) is 0 Å². The molecular weight excluding hydrogens is 236 g/mol. The summed E-state index contributed by atoms with van der Waals surface area (Å²) in [5.74, 6) is 0.690. The largest absolute Gasteiger partial charge is 0.393 e. The molecule has 2 N–H and O–H groups in total. The lowest BCUT2D eigenvalue weighted by Gasteiger charge is -2.21. The van der Waals surface area contributed by atoms with Crippen LogP contribution in [0.4, 0.5) is 11.5 Å². The highest BCUT2D eigenvalue weighted by Gasteiger charge is 2.22. The number of halogens is 1. The average molecular weight is 251 g/mol. The molecule has 0 radical (unpaired) electrons. The van der Waals surface area contributed by atoms with Crippen LogP contribution in [0.2, 0.25) is 5.15 Å². The van der Waals surface area contributed by atoms with Crippen LogP contribution in [0.5, 0.6) is 0 Å². The Morgan fingerprint density at radius 1 is 1.47 bits per heavy atom. The van der Waals surface area contributed by atoms with Crippen LogP contribution in [0.25, 0.3) is 0 Å². The second-order valence-corrected chi connectivity index (χ2v) is 4.33. The zero-order chi connectivity index (χ0) is 12.4. The normalized spacial score (nSPS) is 16.3. The third-order valence-electron chi connectivity index (χ3n) is 2.83. The number of aromatic nitrogens is 2. The fourth-order valence-electron chi connectivity index (χ4n) is 1.95. The molecular formula is C12H15ClN4. The Labute approximate surface area is 106 Å². The Hall–Kier alpha value is -1.55. The number of nitrogens with two attached hydrogens (primary N) is 1. The molecule has 2 rings (SSSR count). The summed E-state index contributed by atoms with van der Waals surface area (Å²) in [5, 5.41) is 0.305. The molecule has 0 aromatic carbocycles. The molecule has 2 heterocycles. The number of allylic oxidation sites excluding steroid dienone is 2. The average Bonchev–Trinajstić information content (AvgIpc) is 2.66. The van der Waals surface area contributed by atoms with Crippen LogP contribution in [-0.2, 0) is 0 Å². The molecule has 0 fully saturated rings. The van der Waals surface area contributed by atoms with E-state index in [4.69, 9.17) is 17.3 Å². The zero-order valence-corrected chi connectivity index (χ0v) is 10.7. The second-order valence-electron chi connectivity index (χ2n) is 3.97. The van der Waals surface area contributed by atoms with Crippen LogP contribution in [0, 0.1) is 0 Å². The van der Waals surface area contributed by atoms with Crippen LogP contribution in [-0.4, -0.2) is 16.5 Å². The Kier molecular flexibility index (Phi) is 3.33. The van der Waals surface area contributed by atoms with Crippen LogP contribution in [0.3, 0.4) is 0 Å². The molecule has 0 amide bonds. The lowest BCUT2D eigenvalue weighted by molar-refractivity contribution is 0.939. The van der Waals surface area contributed by atoms with E-state index in [1.165, 1.54) is 11.9 Å². The van der Waals surface area contributed by atoms with Crippen molar-refractivity contribution in [1.82, 2.24) is 9.97 Å². The molecule has 90 valence electrons. The Bertz CT molecular complexity index is 493. The van der Waals surface area contributed by atoms with Crippen LogP contribution >= 0.6 is 11.6 Å². The first-order valence-corrected chi connectivity index (χ1v) is 5.89. The minimum atomic E-state index is 0.305. The Morgan fingerprint density at radius 2 is 2.24 bits per heavy atom. The van der Waals surface area contributed by atoms with Crippen molar-refractivity contribution in [3.8, 4) is 0 Å². The van der Waals surface area contributed by atoms with E-state index in [9.17, 15) is 0 Å². The lowest BCUT2D eigenvalue weighted by Crippen LogP contribution is -2.20. The van der Waals surface area contributed by atoms with Crippen LogP contribution in [0.15, 0.2) is 29.7 Å². The summed E-state index contributed by atoms with van der Waals surface area (Å²) in [6.07, 6.45) is 6.53. The fourth-order valence-corrected chi connectivity index (χ4v) is 2.08. The molecule has 5 heteroatoms. The molecule has 1 aromatic heterocycles. The van der Waals surface area contributed by atoms with Crippen molar-refractivity contribution >= 4 is 23.1 Å². The topological polar surface area (TPSA) is 55.0 Å². The van der Waals surface area contributed by atoms with E-state index in [0.717, 1.165) is 18.7 Å². The van der Waals surface area contributed by atoms with Gasteiger partial charge < -0.3 is 10.6 Å².